The second-order valence-electron chi connectivity index (χ2n) is 7.42. The Morgan fingerprint density at radius 1 is 0.960 bits per heavy atom. The van der Waals surface area contributed by atoms with Crippen LogP contribution >= 0.6 is 90.4 Å². The Morgan fingerprint density at radius 2 is 1.44 bits per heavy atom. The van der Waals surface area contributed by atoms with Crippen molar-refractivity contribution in [1.82, 2.24) is 0 Å². The smallest absolute Gasteiger partial charge is 0.341 e. The molecule has 0 fully saturated rings. The summed E-state index contributed by atoms with van der Waals surface area (Å²) in [6.07, 6.45) is 0. The lowest BCUT2D eigenvalue weighted by molar-refractivity contribution is -0.139. The van der Waals surface area contributed by atoms with Gasteiger partial charge in [-0.15, -0.1) is 0 Å². The monoisotopic (exact) mass is 796 g/mol. The minimum absolute atomic E-state index is 0.0331. The third-order valence-electron chi connectivity index (χ3n) is 4.92. The fourth-order valence-corrected chi connectivity index (χ4v) is 3.37. The van der Waals surface area contributed by atoms with Gasteiger partial charge < -0.3 is 9.84 Å². The first-order valence-electron chi connectivity index (χ1n) is 7.77. The first-order valence-corrected chi connectivity index (χ1v) is 12.1. The van der Waals surface area contributed by atoms with E-state index in [1.54, 1.807) is 0 Å². The zero-order chi connectivity index (χ0) is 19.8. The largest absolute Gasteiger partial charge is 0.482 e. The quantitative estimate of drug-likeness (QED) is 0.242. The van der Waals surface area contributed by atoms with Crippen molar-refractivity contribution in [3.8, 4) is 5.75 Å². The van der Waals surface area contributed by atoms with E-state index < -0.39 is 5.97 Å². The van der Waals surface area contributed by atoms with Crippen molar-refractivity contribution in [3.63, 3.8) is 0 Å². The maximum atomic E-state index is 11.0. The molecule has 0 amide bonds. The number of hydrogen-bond acceptors (Lipinski definition) is 2. The van der Waals surface area contributed by atoms with Crippen molar-refractivity contribution in [2.45, 2.75) is 55.2 Å². The number of carboxylic acids is 1. The molecule has 0 aromatic heterocycles. The van der Waals surface area contributed by atoms with Gasteiger partial charge in [0.1, 0.15) is 5.75 Å². The summed E-state index contributed by atoms with van der Waals surface area (Å²) in [6, 6.07) is 6.18. The zero-order valence-corrected chi connectivity index (χ0v) is 23.8. The van der Waals surface area contributed by atoms with Gasteiger partial charge in [-0.3, -0.25) is 0 Å². The molecule has 1 aromatic carbocycles. The summed E-state index contributed by atoms with van der Waals surface area (Å²) in [4.78, 5) is 11.0. The molecule has 7 heteroatoms. The predicted octanol–water partition coefficient (Wildman–Crippen LogP) is 6.88. The summed E-state index contributed by atoms with van der Waals surface area (Å²) in [5, 5.41) is 8.99. The molecule has 1 aromatic rings. The molecule has 0 saturated carbocycles. The van der Waals surface area contributed by atoms with Gasteiger partial charge >= 0.3 is 5.97 Å². The number of benzene rings is 1. The summed E-state index contributed by atoms with van der Waals surface area (Å²) >= 11 is 9.84. The highest BCUT2D eigenvalue weighted by molar-refractivity contribution is 14.2. The minimum atomic E-state index is -0.966. The molecule has 0 radical (unpaired) electrons. The molecular formula is C18H24I4O3. The molecule has 0 unspecified atom stereocenters. The van der Waals surface area contributed by atoms with Crippen molar-refractivity contribution in [2.75, 3.05) is 6.61 Å². The highest BCUT2D eigenvalue weighted by Crippen LogP contribution is 2.52. The van der Waals surface area contributed by atoms with Gasteiger partial charge in [0, 0.05) is 16.4 Å². The van der Waals surface area contributed by atoms with E-state index in [0.29, 0.717) is 5.75 Å². The number of carbonyl (C=O) groups is 1. The normalized spacial score (nSPS) is 13.7. The number of alkyl halides is 4. The van der Waals surface area contributed by atoms with Gasteiger partial charge in [0.2, 0.25) is 0 Å². The second kappa shape index (κ2) is 8.42. The first-order chi connectivity index (χ1) is 11.0. The van der Waals surface area contributed by atoms with E-state index in [2.05, 4.69) is 144 Å². The van der Waals surface area contributed by atoms with Crippen molar-refractivity contribution in [1.29, 1.82) is 0 Å². The lowest BCUT2D eigenvalue weighted by Crippen LogP contribution is -2.37. The van der Waals surface area contributed by atoms with E-state index in [9.17, 15) is 4.79 Å². The molecule has 0 saturated heterocycles. The minimum Gasteiger partial charge on any atom is -0.482 e. The van der Waals surface area contributed by atoms with Crippen molar-refractivity contribution in [2.24, 2.45) is 0 Å². The van der Waals surface area contributed by atoms with Crippen LogP contribution in [0, 0.1) is 0 Å². The van der Waals surface area contributed by atoms with Crippen molar-refractivity contribution < 1.29 is 14.6 Å². The van der Waals surface area contributed by atoms with Crippen LogP contribution in [0.3, 0.4) is 0 Å². The average molecular weight is 796 g/mol. The molecule has 142 valence electrons. The summed E-state index contributed by atoms with van der Waals surface area (Å²) in [5.41, 5.74) is 2.00. The average Bonchev–Trinajstić information content (AvgIpc) is 2.42. The number of aliphatic carboxylic acids is 1. The first kappa shape index (κ1) is 24.4. The Kier molecular flexibility index (Phi) is 8.23. The van der Waals surface area contributed by atoms with Gasteiger partial charge in [0.15, 0.2) is 6.61 Å². The van der Waals surface area contributed by atoms with Crippen molar-refractivity contribution in [3.05, 3.63) is 29.3 Å². The Morgan fingerprint density at radius 3 is 1.84 bits per heavy atom. The third kappa shape index (κ3) is 5.70. The highest BCUT2D eigenvalue weighted by Gasteiger charge is 2.43. The predicted molar refractivity (Wildman–Crippen MR) is 139 cm³/mol. The molecule has 0 bridgehead atoms. The highest BCUT2D eigenvalue weighted by atomic mass is 127. The second-order valence-corrected chi connectivity index (χ2v) is 20.2. The maximum absolute atomic E-state index is 11.0. The van der Waals surface area contributed by atoms with Crippen LogP contribution in [0.1, 0.15) is 52.7 Å². The van der Waals surface area contributed by atoms with E-state index >= 15 is 0 Å². The topological polar surface area (TPSA) is 46.5 Å². The van der Waals surface area contributed by atoms with Crippen LogP contribution in [0.5, 0.6) is 5.75 Å². The summed E-state index contributed by atoms with van der Waals surface area (Å²) < 4.78 is 5.59. The van der Waals surface area contributed by atoms with Crippen LogP contribution in [-0.2, 0) is 15.6 Å². The molecule has 3 nitrogen and oxygen atoms in total. The molecule has 25 heavy (non-hydrogen) atoms. The standard InChI is InChI=1S/C18H24I4O3/c1-15(2,17(5,19)20)11-7-8-13(25-10-14(23)24)12(9-11)16(3,4)18(6,21)22/h7-9H,10H2,1-6H3,(H,23,24). The van der Waals surface area contributed by atoms with E-state index in [1.165, 1.54) is 5.56 Å². The fraction of sp³-hybridized carbons (Fsp3) is 0.611. The van der Waals surface area contributed by atoms with Crippen LogP contribution in [0.2, 0.25) is 0 Å². The van der Waals surface area contributed by atoms with Gasteiger partial charge in [-0.25, -0.2) is 4.79 Å². The lowest BCUT2D eigenvalue weighted by atomic mass is 9.76. The third-order valence-corrected chi connectivity index (χ3v) is 10.3. The van der Waals surface area contributed by atoms with E-state index in [1.807, 2.05) is 6.07 Å². The lowest BCUT2D eigenvalue weighted by Gasteiger charge is -2.40. The molecule has 0 heterocycles. The number of carboxylic acid groups (broad SMARTS) is 1. The van der Waals surface area contributed by atoms with Gasteiger partial charge in [0.05, 0.1) is 2.86 Å². The van der Waals surface area contributed by atoms with Crippen molar-refractivity contribution >= 4 is 96.3 Å². The molecular weight excluding hydrogens is 772 g/mol. The van der Waals surface area contributed by atoms with E-state index in [4.69, 9.17) is 9.84 Å². The Labute approximate surface area is 205 Å². The molecule has 0 spiro atoms. The zero-order valence-electron chi connectivity index (χ0n) is 15.2. The van der Waals surface area contributed by atoms with E-state index in [0.717, 1.165) is 5.56 Å². The summed E-state index contributed by atoms with van der Waals surface area (Å²) in [6.45, 7) is 12.9. The number of rotatable bonds is 7. The molecule has 1 N–H and O–H groups in total. The molecule has 0 atom stereocenters. The van der Waals surface area contributed by atoms with E-state index in [-0.39, 0.29) is 20.3 Å². The fourth-order valence-electron chi connectivity index (χ4n) is 2.16. The summed E-state index contributed by atoms with van der Waals surface area (Å²) in [7, 11) is 0. The van der Waals surface area contributed by atoms with Gasteiger partial charge in [-0.1, -0.05) is 130 Å². The van der Waals surface area contributed by atoms with Gasteiger partial charge in [0.25, 0.3) is 0 Å². The maximum Gasteiger partial charge on any atom is 0.341 e. The van der Waals surface area contributed by atoms with Crippen LogP contribution in [0.4, 0.5) is 0 Å². The number of ether oxygens (including phenoxy) is 1. The SMILES string of the molecule is CC(I)(I)C(C)(C)c1ccc(OCC(=O)O)c(C(C)(C)C(C)(I)I)c1. The molecule has 0 aliphatic heterocycles. The summed E-state index contributed by atoms with van der Waals surface area (Å²) in [5.74, 6) is -0.318. The molecule has 1 rings (SSSR count). The Balaban J connectivity index is 3.57. The van der Waals surface area contributed by atoms with Crippen LogP contribution in [0.15, 0.2) is 18.2 Å². The molecule has 0 aliphatic rings. The van der Waals surface area contributed by atoms with Crippen LogP contribution in [0.25, 0.3) is 0 Å². The molecule has 0 aliphatic carbocycles. The van der Waals surface area contributed by atoms with Gasteiger partial charge in [-0.2, -0.15) is 0 Å². The van der Waals surface area contributed by atoms with Gasteiger partial charge in [-0.05, 0) is 25.5 Å². The van der Waals surface area contributed by atoms with Crippen LogP contribution < -0.4 is 4.74 Å². The number of halogens is 4. The van der Waals surface area contributed by atoms with Crippen LogP contribution in [-0.4, -0.2) is 20.5 Å². The number of hydrogen-bond donors (Lipinski definition) is 1. The Hall–Kier alpha value is 1.41. The Bertz CT molecular complexity index is 641.